The molecule has 3 fully saturated rings. The number of carbonyl (C=O) groups is 5. The molecule has 0 radical (unpaired) electrons. The second-order valence-corrected chi connectivity index (χ2v) is 19.3. The summed E-state index contributed by atoms with van der Waals surface area (Å²) in [7, 11) is 3.15. The van der Waals surface area contributed by atoms with Crippen LogP contribution >= 0.6 is 0 Å². The molecule has 63 heavy (non-hydrogen) atoms. The standard InChI is InChI=1S/C50H77NO12/c1-30-15-11-10-12-16-31(2)44(60-8)27-38-20-18-36(7)50(59,63-38)47(56)48(57)51-22-14-13-17-39(51)49(58)62-45(35(6)25-37-19-21-40(52)46(26-37)61-9)29-43(55)34(5)24-33(4)42(54)28-41(53)32(3)23-30/h10-12,15-16,24,30,32,34-40,42,44-46,52,54,59H,13-14,17-23,25-29H2,1-9H3/b12-10?,15-11-,31-16?,33-24-/t30-,32-,34-,35-,36-,37+,38+,39+,40-,42+,44+,45+,46-,50-/m1/s1. The second kappa shape index (κ2) is 24.3. The third-order valence-electron chi connectivity index (χ3n) is 14.2. The molecule has 0 aromatic heterocycles. The monoisotopic (exact) mass is 884 g/mol. The van der Waals surface area contributed by atoms with Gasteiger partial charge in [0.05, 0.1) is 30.5 Å². The molecule has 4 aliphatic rings. The van der Waals surface area contributed by atoms with E-state index in [9.17, 15) is 39.3 Å². The summed E-state index contributed by atoms with van der Waals surface area (Å²) in [6.45, 7) is 12.9. The predicted octanol–water partition coefficient (Wildman–Crippen LogP) is 6.56. The molecular weight excluding hydrogens is 807 g/mol. The number of fused-ring (bicyclic) bond motifs is 3. The van der Waals surface area contributed by atoms with Crippen LogP contribution in [0.1, 0.15) is 132 Å². The third kappa shape index (κ3) is 14.3. The van der Waals surface area contributed by atoms with Gasteiger partial charge in [-0.25, -0.2) is 4.79 Å². The maximum absolute atomic E-state index is 14.3. The number of methoxy groups -OCH3 is 2. The molecule has 3 N–H and O–H groups in total. The number of ketones is 3. The van der Waals surface area contributed by atoms with Crippen LogP contribution in [0.25, 0.3) is 0 Å². The topological polar surface area (TPSA) is 186 Å². The molecule has 1 saturated carbocycles. The normalized spacial score (nSPS) is 38.8. The number of nitrogens with zero attached hydrogens (tertiary/aromatic N) is 1. The van der Waals surface area contributed by atoms with Crippen LogP contribution in [0.2, 0.25) is 0 Å². The SMILES string of the molecule is CO[C@H]1C[C@@H]2CC[C@@H](C)[C@@](O)(O2)C(=O)C(=O)N2CCCC[C@H]2C(=O)O[C@H]([C@H](C)C[C@@H]2CC[C@@H](O)[C@H](OC)C2)CC(=O)[C@H](C)/C=C(/C)[C@@H](O)CC(=O)[C@H](C)C[C@H](C)/C=C\C=CC=C1C. The minimum Gasteiger partial charge on any atom is -0.460 e. The van der Waals surface area contributed by atoms with Crippen LogP contribution in [0.15, 0.2) is 47.6 Å². The van der Waals surface area contributed by atoms with Gasteiger partial charge in [-0.2, -0.15) is 0 Å². The molecule has 13 heteroatoms. The molecule has 1 amide bonds. The van der Waals surface area contributed by atoms with Gasteiger partial charge in [-0.15, -0.1) is 0 Å². The highest BCUT2D eigenvalue weighted by molar-refractivity contribution is 6.39. The van der Waals surface area contributed by atoms with Crippen molar-refractivity contribution in [2.45, 2.75) is 180 Å². The Labute approximate surface area is 375 Å². The molecule has 2 saturated heterocycles. The number of amides is 1. The zero-order valence-electron chi connectivity index (χ0n) is 39.3. The molecule has 2 bridgehead atoms. The largest absolute Gasteiger partial charge is 0.460 e. The number of aliphatic hydroxyl groups is 3. The molecule has 4 rings (SSSR count). The number of piperidine rings is 1. The molecule has 3 aliphatic heterocycles. The van der Waals surface area contributed by atoms with Gasteiger partial charge in [0.1, 0.15) is 23.7 Å². The Morgan fingerprint density at radius 3 is 2.27 bits per heavy atom. The smallest absolute Gasteiger partial charge is 0.329 e. The van der Waals surface area contributed by atoms with Gasteiger partial charge >= 0.3 is 5.97 Å². The highest BCUT2D eigenvalue weighted by atomic mass is 16.6. The zero-order valence-corrected chi connectivity index (χ0v) is 39.3. The van der Waals surface area contributed by atoms with Crippen LogP contribution in [0.5, 0.6) is 0 Å². The Morgan fingerprint density at radius 2 is 1.57 bits per heavy atom. The van der Waals surface area contributed by atoms with E-state index in [4.69, 9.17) is 18.9 Å². The van der Waals surface area contributed by atoms with Crippen LogP contribution in [0.4, 0.5) is 0 Å². The number of ether oxygens (including phenoxy) is 4. The lowest BCUT2D eigenvalue weighted by molar-refractivity contribution is -0.265. The number of Topliss-reactive ketones (excluding diaryl/α,β-unsaturated/α-hetero) is 3. The minimum atomic E-state index is -2.42. The van der Waals surface area contributed by atoms with Crippen molar-refractivity contribution in [2.75, 3.05) is 20.8 Å². The summed E-state index contributed by atoms with van der Waals surface area (Å²) >= 11 is 0. The van der Waals surface area contributed by atoms with Crippen molar-refractivity contribution in [2.24, 2.45) is 35.5 Å². The van der Waals surface area contributed by atoms with Crippen LogP contribution < -0.4 is 0 Å². The molecule has 354 valence electrons. The Kier molecular flexibility index (Phi) is 20.1. The van der Waals surface area contributed by atoms with Crippen LogP contribution in [0, 0.1) is 35.5 Å². The van der Waals surface area contributed by atoms with E-state index >= 15 is 0 Å². The fraction of sp³-hybridized carbons (Fsp3) is 0.740. The van der Waals surface area contributed by atoms with E-state index in [-0.39, 0.29) is 67.1 Å². The van der Waals surface area contributed by atoms with E-state index in [1.165, 1.54) is 4.90 Å². The first kappa shape index (κ1) is 52.3. The van der Waals surface area contributed by atoms with E-state index in [0.717, 1.165) is 12.0 Å². The molecule has 1 aliphatic carbocycles. The molecule has 13 nitrogen and oxygen atoms in total. The number of carbonyl (C=O) groups excluding carboxylic acids is 5. The van der Waals surface area contributed by atoms with Crippen LogP contribution in [-0.4, -0.2) is 119 Å². The van der Waals surface area contributed by atoms with Gasteiger partial charge in [-0.1, -0.05) is 71.1 Å². The Morgan fingerprint density at radius 1 is 0.841 bits per heavy atom. The van der Waals surface area contributed by atoms with Gasteiger partial charge in [0.2, 0.25) is 5.79 Å². The highest BCUT2D eigenvalue weighted by Crippen LogP contribution is 2.37. The van der Waals surface area contributed by atoms with E-state index in [1.54, 1.807) is 41.1 Å². The first-order valence-electron chi connectivity index (χ1n) is 23.4. The van der Waals surface area contributed by atoms with Crippen molar-refractivity contribution < 1.29 is 58.2 Å². The summed E-state index contributed by atoms with van der Waals surface area (Å²) < 4.78 is 23.8. The lowest BCUT2D eigenvalue weighted by Crippen LogP contribution is -2.61. The lowest BCUT2D eigenvalue weighted by atomic mass is 9.78. The molecule has 0 aromatic rings. The fourth-order valence-electron chi connectivity index (χ4n) is 9.78. The molecule has 0 unspecified atom stereocenters. The van der Waals surface area contributed by atoms with Crippen molar-refractivity contribution in [3.05, 3.63) is 47.6 Å². The highest BCUT2D eigenvalue weighted by Gasteiger charge is 2.53. The van der Waals surface area contributed by atoms with Gasteiger partial charge < -0.3 is 39.2 Å². The Hall–Kier alpha value is -3.33. The van der Waals surface area contributed by atoms with Crippen molar-refractivity contribution >= 4 is 29.2 Å². The second-order valence-electron chi connectivity index (χ2n) is 19.3. The minimum absolute atomic E-state index is 0.0725. The third-order valence-corrected chi connectivity index (χ3v) is 14.2. The van der Waals surface area contributed by atoms with Gasteiger partial charge in [0.25, 0.3) is 11.7 Å². The number of aliphatic hydroxyl groups excluding tert-OH is 2. The number of rotatable bonds is 5. The van der Waals surface area contributed by atoms with Crippen molar-refractivity contribution in [3.63, 3.8) is 0 Å². The van der Waals surface area contributed by atoms with Gasteiger partial charge in [-0.3, -0.25) is 19.2 Å². The van der Waals surface area contributed by atoms with Crippen molar-refractivity contribution in [1.29, 1.82) is 0 Å². The predicted molar refractivity (Wildman–Crippen MR) is 239 cm³/mol. The lowest BCUT2D eigenvalue weighted by Gasteiger charge is -2.42. The first-order valence-corrected chi connectivity index (χ1v) is 23.4. The Balaban J connectivity index is 1.67. The number of hydrogen-bond acceptors (Lipinski definition) is 12. The van der Waals surface area contributed by atoms with Gasteiger partial charge in [0, 0.05) is 57.8 Å². The molecule has 14 atom stereocenters. The Bertz CT molecular complexity index is 1700. The number of allylic oxidation sites excluding steroid dienone is 6. The average molecular weight is 884 g/mol. The molecular formula is C50H77NO12. The summed E-state index contributed by atoms with van der Waals surface area (Å²) in [6.07, 6.45) is 13.0. The van der Waals surface area contributed by atoms with E-state index in [2.05, 4.69) is 0 Å². The van der Waals surface area contributed by atoms with E-state index in [0.29, 0.717) is 63.4 Å². The number of hydrogen-bond donors (Lipinski definition) is 3. The van der Waals surface area contributed by atoms with Gasteiger partial charge in [0.15, 0.2) is 0 Å². The van der Waals surface area contributed by atoms with Crippen molar-refractivity contribution in [3.8, 4) is 0 Å². The number of cyclic esters (lactones) is 1. The maximum Gasteiger partial charge on any atom is 0.329 e. The summed E-state index contributed by atoms with van der Waals surface area (Å²) in [5.41, 5.74) is 1.39. The molecule has 0 aromatic carbocycles. The van der Waals surface area contributed by atoms with Crippen LogP contribution in [0.3, 0.4) is 0 Å². The van der Waals surface area contributed by atoms with Crippen molar-refractivity contribution in [1.82, 2.24) is 4.90 Å². The zero-order chi connectivity index (χ0) is 46.6. The van der Waals surface area contributed by atoms with Gasteiger partial charge in [-0.05, 0) is 107 Å². The molecule has 3 heterocycles. The number of esters is 1. The van der Waals surface area contributed by atoms with E-state index in [1.807, 2.05) is 58.1 Å². The summed E-state index contributed by atoms with van der Waals surface area (Å²) in [5, 5.41) is 33.5. The molecule has 0 spiro atoms. The van der Waals surface area contributed by atoms with Crippen LogP contribution in [-0.2, 0) is 42.9 Å². The summed E-state index contributed by atoms with van der Waals surface area (Å²) in [4.78, 5) is 71.1. The average Bonchev–Trinajstić information content (AvgIpc) is 3.25. The summed E-state index contributed by atoms with van der Waals surface area (Å²) in [6, 6.07) is -1.12. The quantitative estimate of drug-likeness (QED) is 0.154. The summed E-state index contributed by atoms with van der Waals surface area (Å²) in [5.74, 6) is -7.36. The maximum atomic E-state index is 14.3. The first-order chi connectivity index (χ1) is 29.8. The van der Waals surface area contributed by atoms with E-state index < -0.39 is 71.8 Å². The fourth-order valence-corrected chi connectivity index (χ4v) is 9.78.